The zero-order valence-corrected chi connectivity index (χ0v) is 22.2. The minimum absolute atomic E-state index is 0.0511. The molecule has 3 atom stereocenters. The average molecular weight is 576 g/mol. The number of hydrogen-bond donors (Lipinski definition) is 1. The summed E-state index contributed by atoms with van der Waals surface area (Å²) in [6.07, 6.45) is 2.57. The fourth-order valence-corrected chi connectivity index (χ4v) is 7.20. The Morgan fingerprint density at radius 3 is 2.53 bits per heavy atom. The van der Waals surface area contributed by atoms with Crippen molar-refractivity contribution in [2.75, 3.05) is 4.90 Å². The number of benzene rings is 2. The minimum atomic E-state index is -1.19. The number of piperidine rings is 1. The number of fused-ring (bicyclic) bond motifs is 3. The molecule has 0 spiro atoms. The number of carboxylic acid groups (broad SMARTS) is 1. The lowest BCUT2D eigenvalue weighted by molar-refractivity contribution is 0.0203. The summed E-state index contributed by atoms with van der Waals surface area (Å²) in [7, 11) is 0. The van der Waals surface area contributed by atoms with Gasteiger partial charge in [0.1, 0.15) is 28.6 Å². The molecule has 196 valence electrons. The largest absolute Gasteiger partial charge is 0.478 e. The van der Waals surface area contributed by atoms with Gasteiger partial charge in [0.05, 0.1) is 20.3 Å². The number of hydrogen-bond acceptors (Lipinski definition) is 8. The van der Waals surface area contributed by atoms with E-state index in [0.717, 1.165) is 18.9 Å². The first kappa shape index (κ1) is 25.1. The molecule has 0 saturated carbocycles. The van der Waals surface area contributed by atoms with Gasteiger partial charge < -0.3 is 19.3 Å². The Bertz CT molecular complexity index is 1570. The maximum absolute atomic E-state index is 14.6. The first-order valence-corrected chi connectivity index (χ1v) is 13.5. The summed E-state index contributed by atoms with van der Waals surface area (Å²) in [4.78, 5) is 31.3. The highest BCUT2D eigenvalue weighted by molar-refractivity contribution is 7.22. The Hall–Kier alpha value is -3.21. The summed E-state index contributed by atoms with van der Waals surface area (Å²) in [5.41, 5.74) is 0.881. The summed E-state index contributed by atoms with van der Waals surface area (Å²) >= 11 is 14.0. The molecule has 2 fully saturated rings. The van der Waals surface area contributed by atoms with Gasteiger partial charge in [-0.25, -0.2) is 19.0 Å². The number of nitrogens with zero attached hydrogens (tertiary/aromatic N) is 3. The Morgan fingerprint density at radius 2 is 1.87 bits per heavy atom. The Morgan fingerprint density at radius 1 is 1.18 bits per heavy atom. The number of halogens is 3. The number of esters is 1. The predicted octanol–water partition coefficient (Wildman–Crippen LogP) is 6.76. The summed E-state index contributed by atoms with van der Waals surface area (Å²) in [6, 6.07) is 7.56. The molecule has 0 unspecified atom stereocenters. The molecule has 4 heterocycles. The number of thiazole rings is 1. The van der Waals surface area contributed by atoms with Crippen LogP contribution in [0.2, 0.25) is 10.0 Å². The molecule has 2 bridgehead atoms. The summed E-state index contributed by atoms with van der Waals surface area (Å²) < 4.78 is 26.3. The molecule has 2 saturated heterocycles. The van der Waals surface area contributed by atoms with E-state index in [0.29, 0.717) is 44.0 Å². The first-order valence-electron chi connectivity index (χ1n) is 11.9. The van der Waals surface area contributed by atoms with E-state index in [1.165, 1.54) is 17.4 Å². The van der Waals surface area contributed by atoms with Gasteiger partial charge in [0.25, 0.3) is 0 Å². The third kappa shape index (κ3) is 4.20. The third-order valence-corrected chi connectivity index (χ3v) is 8.78. The Kier molecular flexibility index (Phi) is 6.28. The quantitative estimate of drug-likeness (QED) is 0.260. The van der Waals surface area contributed by atoms with Crippen molar-refractivity contribution in [2.45, 2.75) is 50.8 Å². The van der Waals surface area contributed by atoms with Gasteiger partial charge in [0.2, 0.25) is 0 Å². The van der Waals surface area contributed by atoms with Crippen molar-refractivity contribution in [2.24, 2.45) is 0 Å². The normalized spacial score (nSPS) is 20.7. The molecule has 12 heteroatoms. The molecule has 6 rings (SSSR count). The van der Waals surface area contributed by atoms with Gasteiger partial charge in [0.15, 0.2) is 10.9 Å². The van der Waals surface area contributed by atoms with Crippen LogP contribution in [0.3, 0.4) is 0 Å². The van der Waals surface area contributed by atoms with Crippen LogP contribution in [-0.2, 0) is 4.74 Å². The highest BCUT2D eigenvalue weighted by atomic mass is 35.5. The van der Waals surface area contributed by atoms with E-state index in [4.69, 9.17) is 32.5 Å². The van der Waals surface area contributed by atoms with Crippen molar-refractivity contribution in [3.63, 3.8) is 0 Å². The van der Waals surface area contributed by atoms with Crippen molar-refractivity contribution in [1.29, 1.82) is 0 Å². The molecule has 0 amide bonds. The van der Waals surface area contributed by atoms with Crippen LogP contribution in [0.15, 0.2) is 34.9 Å². The number of aromatic carboxylic acids is 1. The maximum Gasteiger partial charge on any atom is 0.344 e. The van der Waals surface area contributed by atoms with Crippen molar-refractivity contribution >= 4 is 61.8 Å². The fourth-order valence-electron chi connectivity index (χ4n) is 5.46. The molecule has 1 N–H and O–H groups in total. The number of aryl methyl sites for hydroxylation is 1. The molecule has 2 aliphatic heterocycles. The average Bonchev–Trinajstić information content (AvgIpc) is 3.52. The number of ether oxygens (including phenoxy) is 1. The fraction of sp³-hybridized carbons (Fsp3) is 0.308. The Labute approximate surface area is 229 Å². The van der Waals surface area contributed by atoms with Crippen LogP contribution < -0.4 is 4.90 Å². The van der Waals surface area contributed by atoms with Crippen LogP contribution in [0.4, 0.5) is 9.52 Å². The number of carboxylic acids is 1. The van der Waals surface area contributed by atoms with E-state index in [9.17, 15) is 19.1 Å². The van der Waals surface area contributed by atoms with Crippen LogP contribution >= 0.6 is 34.5 Å². The molecule has 2 aromatic carbocycles. The second-order valence-electron chi connectivity index (χ2n) is 9.46. The van der Waals surface area contributed by atoms with Crippen LogP contribution in [0.1, 0.15) is 52.2 Å². The van der Waals surface area contributed by atoms with Gasteiger partial charge in [0, 0.05) is 30.5 Å². The minimum Gasteiger partial charge on any atom is -0.478 e. The second kappa shape index (κ2) is 9.52. The number of rotatable bonds is 5. The van der Waals surface area contributed by atoms with Gasteiger partial charge in [-0.3, -0.25) is 0 Å². The van der Waals surface area contributed by atoms with Crippen molar-refractivity contribution < 1.29 is 28.3 Å². The van der Waals surface area contributed by atoms with E-state index in [2.05, 4.69) is 15.0 Å². The first-order chi connectivity index (χ1) is 18.2. The Balaban J connectivity index is 1.23. The van der Waals surface area contributed by atoms with Crippen LogP contribution in [-0.4, -0.2) is 45.4 Å². The third-order valence-electron chi connectivity index (χ3n) is 7.13. The highest BCUT2D eigenvalue weighted by Gasteiger charge is 2.44. The molecule has 4 aromatic rings. The van der Waals surface area contributed by atoms with Gasteiger partial charge in [-0.05, 0) is 44.0 Å². The van der Waals surface area contributed by atoms with Crippen LogP contribution in [0, 0.1) is 12.7 Å². The topological polar surface area (TPSA) is 106 Å². The molecule has 0 radical (unpaired) electrons. The molecule has 2 aliphatic rings. The lowest BCUT2D eigenvalue weighted by Crippen LogP contribution is -2.46. The monoisotopic (exact) mass is 575 g/mol. The van der Waals surface area contributed by atoms with Crippen LogP contribution in [0.25, 0.3) is 21.5 Å². The molecular formula is C26H20Cl2FN3O5S. The standard InChI is InChI=1S/C26H20Cl2FN3O5S/c1-11-20(23(31-37-11)21-16(27)3-2-4-17(21)28)25(35)36-15-9-13-5-6-14(10-15)32(13)26-30-22-18(29)7-12(24(33)34)8-19(22)38-26/h2-4,7-8,13-15H,5-6,9-10H2,1H3,(H,33,34)/t13-,14+,15-. The van der Waals surface area contributed by atoms with Crippen molar-refractivity contribution in [3.05, 3.63) is 63.1 Å². The summed E-state index contributed by atoms with van der Waals surface area (Å²) in [6.45, 7) is 1.63. The van der Waals surface area contributed by atoms with E-state index >= 15 is 0 Å². The smallest absolute Gasteiger partial charge is 0.344 e. The van der Waals surface area contributed by atoms with E-state index in [1.807, 2.05) is 0 Å². The zero-order chi connectivity index (χ0) is 26.7. The van der Waals surface area contributed by atoms with Gasteiger partial charge in [-0.1, -0.05) is 45.8 Å². The molecule has 38 heavy (non-hydrogen) atoms. The van der Waals surface area contributed by atoms with Gasteiger partial charge >= 0.3 is 11.9 Å². The van der Waals surface area contributed by atoms with E-state index in [1.54, 1.807) is 25.1 Å². The number of anilines is 1. The van der Waals surface area contributed by atoms with Gasteiger partial charge in [-0.2, -0.15) is 0 Å². The number of carbonyl (C=O) groups is 2. The zero-order valence-electron chi connectivity index (χ0n) is 19.9. The molecular weight excluding hydrogens is 556 g/mol. The second-order valence-corrected chi connectivity index (χ2v) is 11.3. The molecule has 2 aromatic heterocycles. The number of aromatic nitrogens is 2. The molecule has 0 aliphatic carbocycles. The SMILES string of the molecule is Cc1onc(-c2c(Cl)cccc2Cl)c1C(=O)O[C@@H]1C[C@H]2CC[C@@H](C1)N2c1nc2c(F)cc(C(=O)O)cc2s1. The number of carbonyl (C=O) groups excluding carboxylic acids is 1. The van der Waals surface area contributed by atoms with E-state index in [-0.39, 0.29) is 40.5 Å². The van der Waals surface area contributed by atoms with E-state index < -0.39 is 17.8 Å². The lowest BCUT2D eigenvalue weighted by atomic mass is 10.00. The highest BCUT2D eigenvalue weighted by Crippen LogP contribution is 2.44. The maximum atomic E-state index is 14.6. The summed E-state index contributed by atoms with van der Waals surface area (Å²) in [5, 5.41) is 14.6. The van der Waals surface area contributed by atoms with Gasteiger partial charge in [-0.15, -0.1) is 0 Å². The predicted molar refractivity (Wildman–Crippen MR) is 141 cm³/mol. The summed E-state index contributed by atoms with van der Waals surface area (Å²) in [5.74, 6) is -2.10. The van der Waals surface area contributed by atoms with Crippen molar-refractivity contribution in [1.82, 2.24) is 10.1 Å². The molecule has 8 nitrogen and oxygen atoms in total. The lowest BCUT2D eigenvalue weighted by Gasteiger charge is -2.38. The van der Waals surface area contributed by atoms with Crippen molar-refractivity contribution in [3.8, 4) is 11.3 Å². The van der Waals surface area contributed by atoms with Crippen LogP contribution in [0.5, 0.6) is 0 Å².